The number of carbonyl (C=O) groups is 2. The molecular weight excluding hydrogens is 472 g/mol. The second-order valence-electron chi connectivity index (χ2n) is 11.3. The summed E-state index contributed by atoms with van der Waals surface area (Å²) in [5, 5.41) is 10.9. The molecule has 1 amide bonds. The fourth-order valence-electron chi connectivity index (χ4n) is 5.29. The Balaban J connectivity index is 2.75. The molecule has 0 aliphatic carbocycles. The summed E-state index contributed by atoms with van der Waals surface area (Å²) in [5.74, 6) is 0.995. The summed E-state index contributed by atoms with van der Waals surface area (Å²) >= 11 is 0. The highest BCUT2D eigenvalue weighted by Crippen LogP contribution is 2.36. The van der Waals surface area contributed by atoms with Crippen LogP contribution in [0.15, 0.2) is 73.0 Å². The predicted octanol–water partition coefficient (Wildman–Crippen LogP) is 6.50. The quantitative estimate of drug-likeness (QED) is 0.139. The van der Waals surface area contributed by atoms with Crippen LogP contribution < -0.4 is 5.73 Å². The lowest BCUT2D eigenvalue weighted by atomic mass is 9.70. The molecule has 38 heavy (non-hydrogen) atoms. The van der Waals surface area contributed by atoms with Gasteiger partial charge in [-0.1, -0.05) is 90.1 Å². The van der Waals surface area contributed by atoms with Gasteiger partial charge in [-0.2, -0.15) is 0 Å². The van der Waals surface area contributed by atoms with E-state index < -0.39 is 6.10 Å². The van der Waals surface area contributed by atoms with Gasteiger partial charge in [0, 0.05) is 30.1 Å². The summed E-state index contributed by atoms with van der Waals surface area (Å²) in [6.45, 7) is 18.7. The standard InChI is InChI=1S/C33H50N2O3/c1-9-10-13-23(3)31(21-32(34)37)28(8)27(7)25(5)18-22(2)19-26(6)33(38)24(4)15-16-30(36)20-29-14-11-12-17-35-29/h9-17,19,23-28,31,33,38H,1,18,20-21H2,2-8H3,(H2,34,37)/b13-10-,16-15-,22-19-. The Morgan fingerprint density at radius 3 is 2.26 bits per heavy atom. The first-order valence-corrected chi connectivity index (χ1v) is 13.9. The van der Waals surface area contributed by atoms with Crippen molar-refractivity contribution in [3.63, 3.8) is 0 Å². The zero-order chi connectivity index (χ0) is 28.8. The summed E-state index contributed by atoms with van der Waals surface area (Å²) in [4.78, 5) is 28.3. The fraction of sp³-hybridized carbons (Fsp3) is 0.545. The van der Waals surface area contributed by atoms with Gasteiger partial charge in [0.1, 0.15) is 0 Å². The first-order valence-electron chi connectivity index (χ1n) is 13.9. The van der Waals surface area contributed by atoms with Crippen LogP contribution in [0.2, 0.25) is 0 Å². The molecule has 8 atom stereocenters. The van der Waals surface area contributed by atoms with Gasteiger partial charge < -0.3 is 10.8 Å². The topological polar surface area (TPSA) is 93.3 Å². The first kappa shape index (κ1) is 33.2. The number of aromatic nitrogens is 1. The number of carbonyl (C=O) groups excluding carboxylic acids is 2. The van der Waals surface area contributed by atoms with E-state index in [-0.39, 0.29) is 41.8 Å². The van der Waals surface area contributed by atoms with Crippen LogP contribution in [0.25, 0.3) is 0 Å². The summed E-state index contributed by atoms with van der Waals surface area (Å²) in [7, 11) is 0. The molecule has 0 aliphatic rings. The minimum Gasteiger partial charge on any atom is -0.392 e. The molecule has 0 bridgehead atoms. The van der Waals surface area contributed by atoms with Crippen molar-refractivity contribution < 1.29 is 14.7 Å². The van der Waals surface area contributed by atoms with Crippen molar-refractivity contribution in [1.82, 2.24) is 4.98 Å². The molecule has 8 unspecified atom stereocenters. The molecule has 3 N–H and O–H groups in total. The number of aliphatic hydroxyl groups is 1. The molecule has 1 aromatic rings. The third kappa shape index (κ3) is 11.7. The third-order valence-electron chi connectivity index (χ3n) is 8.00. The average Bonchev–Trinajstić information content (AvgIpc) is 2.87. The van der Waals surface area contributed by atoms with Crippen molar-refractivity contribution in [2.45, 2.75) is 73.8 Å². The Labute approximate surface area is 231 Å². The number of ketones is 1. The summed E-state index contributed by atoms with van der Waals surface area (Å²) in [6, 6.07) is 5.53. The highest BCUT2D eigenvalue weighted by atomic mass is 16.3. The van der Waals surface area contributed by atoms with Gasteiger partial charge in [0.2, 0.25) is 5.91 Å². The van der Waals surface area contributed by atoms with E-state index >= 15 is 0 Å². The lowest BCUT2D eigenvalue weighted by Crippen LogP contribution is -2.31. The maximum absolute atomic E-state index is 12.3. The Kier molecular flexibility index (Phi) is 14.8. The van der Waals surface area contributed by atoms with Crippen LogP contribution in [0.3, 0.4) is 0 Å². The smallest absolute Gasteiger partial charge is 0.217 e. The van der Waals surface area contributed by atoms with E-state index in [9.17, 15) is 14.7 Å². The van der Waals surface area contributed by atoms with Crippen LogP contribution >= 0.6 is 0 Å². The van der Waals surface area contributed by atoms with Gasteiger partial charge >= 0.3 is 0 Å². The number of rotatable bonds is 17. The van der Waals surface area contributed by atoms with Crippen molar-refractivity contribution in [2.24, 2.45) is 47.2 Å². The highest BCUT2D eigenvalue weighted by Gasteiger charge is 2.30. The van der Waals surface area contributed by atoms with E-state index in [1.165, 1.54) is 5.57 Å². The van der Waals surface area contributed by atoms with E-state index in [1.807, 2.05) is 38.1 Å². The molecule has 5 heteroatoms. The zero-order valence-corrected chi connectivity index (χ0v) is 24.5. The van der Waals surface area contributed by atoms with Crippen molar-refractivity contribution >= 4 is 11.7 Å². The second kappa shape index (κ2) is 16.9. The molecule has 0 aromatic carbocycles. The largest absolute Gasteiger partial charge is 0.392 e. The molecule has 0 saturated carbocycles. The molecule has 0 aliphatic heterocycles. The molecular formula is C33H50N2O3. The van der Waals surface area contributed by atoms with Gasteiger partial charge in [-0.15, -0.1) is 0 Å². The van der Waals surface area contributed by atoms with Gasteiger partial charge in [-0.25, -0.2) is 0 Å². The maximum atomic E-state index is 12.3. The SMILES string of the molecule is C=C/C=C\C(C)C(CC(N)=O)C(C)C(C)C(C)C/C(C)=C\C(C)C(O)C(C)/C=C\C(=O)Cc1ccccn1. The third-order valence-corrected chi connectivity index (χ3v) is 8.00. The van der Waals surface area contributed by atoms with Crippen LogP contribution in [0.1, 0.15) is 67.0 Å². The van der Waals surface area contributed by atoms with Gasteiger partial charge in [-0.05, 0) is 61.1 Å². The van der Waals surface area contributed by atoms with E-state index in [4.69, 9.17) is 5.73 Å². The number of primary amides is 1. The van der Waals surface area contributed by atoms with Crippen LogP contribution in [-0.4, -0.2) is 27.9 Å². The number of allylic oxidation sites excluding steroid dienone is 5. The van der Waals surface area contributed by atoms with Gasteiger partial charge in [0.25, 0.3) is 0 Å². The predicted molar refractivity (Wildman–Crippen MR) is 158 cm³/mol. The maximum Gasteiger partial charge on any atom is 0.217 e. The summed E-state index contributed by atoms with van der Waals surface area (Å²) in [6.07, 6.45) is 13.9. The minimum absolute atomic E-state index is 0.0250. The number of pyridine rings is 1. The van der Waals surface area contributed by atoms with Crippen LogP contribution in [0, 0.1) is 41.4 Å². The molecule has 0 spiro atoms. The second-order valence-corrected chi connectivity index (χ2v) is 11.3. The van der Waals surface area contributed by atoms with E-state index in [0.717, 1.165) is 12.1 Å². The van der Waals surface area contributed by atoms with E-state index in [2.05, 4.69) is 58.3 Å². The molecule has 1 heterocycles. The number of nitrogens with two attached hydrogens (primary N) is 1. The van der Waals surface area contributed by atoms with Gasteiger partial charge in [0.05, 0.1) is 12.5 Å². The van der Waals surface area contributed by atoms with Gasteiger partial charge in [0.15, 0.2) is 5.78 Å². The van der Waals surface area contributed by atoms with Crippen molar-refractivity contribution in [2.75, 3.05) is 0 Å². The van der Waals surface area contributed by atoms with E-state index in [0.29, 0.717) is 24.2 Å². The molecule has 1 rings (SSSR count). The van der Waals surface area contributed by atoms with Crippen molar-refractivity contribution in [3.05, 3.63) is 78.7 Å². The molecule has 5 nitrogen and oxygen atoms in total. The first-order chi connectivity index (χ1) is 17.9. The molecule has 1 aromatic heterocycles. The van der Waals surface area contributed by atoms with Crippen LogP contribution in [-0.2, 0) is 16.0 Å². The number of aliphatic hydroxyl groups excluding tert-OH is 1. The highest BCUT2D eigenvalue weighted by molar-refractivity contribution is 5.91. The molecule has 210 valence electrons. The molecule has 0 radical (unpaired) electrons. The molecule has 0 saturated heterocycles. The number of hydrogen-bond acceptors (Lipinski definition) is 4. The minimum atomic E-state index is -0.590. The van der Waals surface area contributed by atoms with Crippen LogP contribution in [0.4, 0.5) is 0 Å². The number of hydrogen-bond donors (Lipinski definition) is 2. The summed E-state index contributed by atoms with van der Waals surface area (Å²) < 4.78 is 0. The van der Waals surface area contributed by atoms with Crippen molar-refractivity contribution in [3.8, 4) is 0 Å². The Morgan fingerprint density at radius 1 is 1.00 bits per heavy atom. The van der Waals surface area contributed by atoms with Gasteiger partial charge in [-0.3, -0.25) is 14.6 Å². The monoisotopic (exact) mass is 522 g/mol. The Hall–Kier alpha value is -2.79. The summed E-state index contributed by atoms with van der Waals surface area (Å²) in [5.41, 5.74) is 7.56. The number of amides is 1. The Morgan fingerprint density at radius 2 is 1.68 bits per heavy atom. The lowest BCUT2D eigenvalue weighted by molar-refractivity contribution is -0.120. The average molecular weight is 523 g/mol. The zero-order valence-electron chi connectivity index (χ0n) is 24.5. The van der Waals surface area contributed by atoms with Crippen LogP contribution in [0.5, 0.6) is 0 Å². The fourth-order valence-corrected chi connectivity index (χ4v) is 5.29. The van der Waals surface area contributed by atoms with E-state index in [1.54, 1.807) is 24.4 Å². The van der Waals surface area contributed by atoms with Crippen molar-refractivity contribution in [1.29, 1.82) is 0 Å². The lowest BCUT2D eigenvalue weighted by Gasteiger charge is -2.35. The number of nitrogens with zero attached hydrogens (tertiary/aromatic N) is 1. The normalized spacial score (nSPS) is 18.9. The Bertz CT molecular complexity index is 966. The molecule has 0 fully saturated rings.